The van der Waals surface area contributed by atoms with Gasteiger partial charge in [0.15, 0.2) is 0 Å². The molecule has 0 radical (unpaired) electrons. The van der Waals surface area contributed by atoms with Crippen molar-refractivity contribution < 1.29 is 4.79 Å². The summed E-state index contributed by atoms with van der Waals surface area (Å²) in [6.07, 6.45) is 3.95. The molecule has 0 aliphatic carbocycles. The number of fused-ring (bicyclic) bond motifs is 3. The van der Waals surface area contributed by atoms with Crippen molar-refractivity contribution in [3.63, 3.8) is 0 Å². The average molecular weight is 151 g/mol. The number of piperidine rings is 3. The Balaban J connectivity index is 2.15. The first-order valence-electron chi connectivity index (χ1n) is 4.21. The number of hydrogen-bond acceptors (Lipinski definition) is 1. The molecular weight excluding hydrogens is 138 g/mol. The lowest BCUT2D eigenvalue weighted by Crippen LogP contribution is -2.50. The number of carbonyl (C=O) groups excluding carboxylic acids is 1. The molecular formula is C9H13NO. The molecule has 2 nitrogen and oxygen atoms in total. The summed E-state index contributed by atoms with van der Waals surface area (Å²) in [5.74, 6) is 1.52. The molecule has 2 atom stereocenters. The fourth-order valence-electron chi connectivity index (χ4n) is 2.13. The van der Waals surface area contributed by atoms with Gasteiger partial charge in [-0.05, 0) is 18.3 Å². The minimum Gasteiger partial charge on any atom is -0.342 e. The Bertz CT molecular complexity index is 200. The highest BCUT2D eigenvalue weighted by Gasteiger charge is 2.36. The van der Waals surface area contributed by atoms with Crippen LogP contribution < -0.4 is 0 Å². The molecule has 2 bridgehead atoms. The van der Waals surface area contributed by atoms with Gasteiger partial charge in [0.1, 0.15) is 0 Å². The Hall–Kier alpha value is -0.790. The van der Waals surface area contributed by atoms with Gasteiger partial charge in [-0.25, -0.2) is 0 Å². The first kappa shape index (κ1) is 6.89. The lowest BCUT2D eigenvalue weighted by molar-refractivity contribution is -0.141. The maximum absolute atomic E-state index is 11.2. The summed E-state index contributed by atoms with van der Waals surface area (Å²) in [5.41, 5.74) is 0. The van der Waals surface area contributed by atoms with Crippen LogP contribution in [0.15, 0.2) is 12.7 Å². The van der Waals surface area contributed by atoms with Gasteiger partial charge in [0.2, 0.25) is 5.91 Å². The number of hydrogen-bond donors (Lipinski definition) is 0. The van der Waals surface area contributed by atoms with Crippen LogP contribution in [0.5, 0.6) is 0 Å². The third-order valence-electron chi connectivity index (χ3n) is 2.90. The standard InChI is InChI=1S/C9H13NO/c1-2-7-6-10-4-3-8(7)5-9(10)11/h2,7-8H,1,3-6H2/t7-,8-/m0/s1. The molecule has 3 aliphatic heterocycles. The van der Waals surface area contributed by atoms with Crippen molar-refractivity contribution in [2.45, 2.75) is 12.8 Å². The third-order valence-corrected chi connectivity index (χ3v) is 2.90. The second kappa shape index (κ2) is 2.36. The van der Waals surface area contributed by atoms with Gasteiger partial charge in [-0.2, -0.15) is 0 Å². The number of amides is 1. The molecule has 0 aromatic heterocycles. The molecule has 0 spiro atoms. The molecule has 0 aromatic rings. The van der Waals surface area contributed by atoms with E-state index in [0.717, 1.165) is 19.5 Å². The van der Waals surface area contributed by atoms with E-state index in [1.807, 2.05) is 11.0 Å². The molecule has 0 aromatic carbocycles. The van der Waals surface area contributed by atoms with Crippen LogP contribution in [0, 0.1) is 11.8 Å². The van der Waals surface area contributed by atoms with E-state index in [-0.39, 0.29) is 0 Å². The topological polar surface area (TPSA) is 20.3 Å². The fourth-order valence-corrected chi connectivity index (χ4v) is 2.13. The zero-order chi connectivity index (χ0) is 7.84. The molecule has 0 saturated carbocycles. The van der Waals surface area contributed by atoms with Crippen LogP contribution in [0.2, 0.25) is 0 Å². The maximum Gasteiger partial charge on any atom is 0.222 e. The molecule has 3 saturated heterocycles. The van der Waals surface area contributed by atoms with Gasteiger partial charge in [-0.3, -0.25) is 4.79 Å². The second-order valence-corrected chi connectivity index (χ2v) is 3.49. The van der Waals surface area contributed by atoms with Gasteiger partial charge in [0.05, 0.1) is 0 Å². The Labute approximate surface area is 66.9 Å². The molecule has 3 aliphatic rings. The minimum absolute atomic E-state index is 0.347. The van der Waals surface area contributed by atoms with Crippen molar-refractivity contribution in [2.75, 3.05) is 13.1 Å². The summed E-state index contributed by atoms with van der Waals surface area (Å²) in [4.78, 5) is 13.2. The molecule has 0 unspecified atom stereocenters. The maximum atomic E-state index is 11.2. The number of nitrogens with zero attached hydrogens (tertiary/aromatic N) is 1. The van der Waals surface area contributed by atoms with Crippen LogP contribution in [-0.4, -0.2) is 23.9 Å². The van der Waals surface area contributed by atoms with Crippen molar-refractivity contribution in [1.82, 2.24) is 4.90 Å². The quantitative estimate of drug-likeness (QED) is 0.513. The molecule has 60 valence electrons. The Morgan fingerprint density at radius 1 is 1.64 bits per heavy atom. The summed E-state index contributed by atoms with van der Waals surface area (Å²) in [6.45, 7) is 5.69. The number of rotatable bonds is 1. The van der Waals surface area contributed by atoms with E-state index in [4.69, 9.17) is 0 Å². The third kappa shape index (κ3) is 0.971. The Morgan fingerprint density at radius 3 is 2.91 bits per heavy atom. The SMILES string of the molecule is C=C[C@H]1CN2CC[C@H]1CC2=O. The predicted molar refractivity (Wildman–Crippen MR) is 43.0 cm³/mol. The van der Waals surface area contributed by atoms with Crippen LogP contribution >= 0.6 is 0 Å². The van der Waals surface area contributed by atoms with E-state index in [1.165, 1.54) is 6.42 Å². The molecule has 3 heterocycles. The van der Waals surface area contributed by atoms with Gasteiger partial charge in [0.25, 0.3) is 0 Å². The van der Waals surface area contributed by atoms with E-state index in [9.17, 15) is 4.79 Å². The molecule has 11 heavy (non-hydrogen) atoms. The molecule has 3 fully saturated rings. The van der Waals surface area contributed by atoms with Gasteiger partial charge in [-0.1, -0.05) is 6.08 Å². The summed E-state index contributed by atoms with van der Waals surface area (Å²) in [6, 6.07) is 0. The largest absolute Gasteiger partial charge is 0.342 e. The van der Waals surface area contributed by atoms with Crippen LogP contribution in [0.4, 0.5) is 0 Å². The Kier molecular flexibility index (Phi) is 1.48. The van der Waals surface area contributed by atoms with E-state index >= 15 is 0 Å². The predicted octanol–water partition coefficient (Wildman–Crippen LogP) is 1.04. The van der Waals surface area contributed by atoms with E-state index < -0.39 is 0 Å². The van der Waals surface area contributed by atoms with E-state index in [2.05, 4.69) is 6.58 Å². The first-order valence-corrected chi connectivity index (χ1v) is 4.21. The zero-order valence-corrected chi connectivity index (χ0v) is 6.62. The number of carbonyl (C=O) groups is 1. The van der Waals surface area contributed by atoms with Crippen LogP contribution in [-0.2, 0) is 4.79 Å². The summed E-state index contributed by atoms with van der Waals surface area (Å²) >= 11 is 0. The first-order chi connectivity index (χ1) is 5.31. The van der Waals surface area contributed by atoms with Gasteiger partial charge < -0.3 is 4.90 Å². The van der Waals surface area contributed by atoms with Gasteiger partial charge in [-0.15, -0.1) is 6.58 Å². The van der Waals surface area contributed by atoms with Crippen molar-refractivity contribution in [2.24, 2.45) is 11.8 Å². The molecule has 3 rings (SSSR count). The summed E-state index contributed by atoms with van der Waals surface area (Å²) in [7, 11) is 0. The summed E-state index contributed by atoms with van der Waals surface area (Å²) < 4.78 is 0. The van der Waals surface area contributed by atoms with Gasteiger partial charge in [0, 0.05) is 19.5 Å². The fraction of sp³-hybridized carbons (Fsp3) is 0.667. The monoisotopic (exact) mass is 151 g/mol. The van der Waals surface area contributed by atoms with Crippen molar-refractivity contribution >= 4 is 5.91 Å². The van der Waals surface area contributed by atoms with Crippen LogP contribution in [0.25, 0.3) is 0 Å². The lowest BCUT2D eigenvalue weighted by atomic mass is 9.79. The minimum atomic E-state index is 0.347. The molecule has 2 heteroatoms. The van der Waals surface area contributed by atoms with Gasteiger partial charge >= 0.3 is 0 Å². The highest BCUT2D eigenvalue weighted by molar-refractivity contribution is 5.78. The zero-order valence-electron chi connectivity index (χ0n) is 6.62. The lowest BCUT2D eigenvalue weighted by Gasteiger charge is -2.43. The summed E-state index contributed by atoms with van der Waals surface area (Å²) in [5, 5.41) is 0. The Morgan fingerprint density at radius 2 is 2.45 bits per heavy atom. The average Bonchev–Trinajstić information content (AvgIpc) is 2.05. The van der Waals surface area contributed by atoms with Crippen molar-refractivity contribution in [1.29, 1.82) is 0 Å². The van der Waals surface area contributed by atoms with Crippen LogP contribution in [0.1, 0.15) is 12.8 Å². The highest BCUT2D eigenvalue weighted by Crippen LogP contribution is 2.33. The second-order valence-electron chi connectivity index (χ2n) is 3.49. The molecule has 1 amide bonds. The smallest absolute Gasteiger partial charge is 0.222 e. The highest BCUT2D eigenvalue weighted by atomic mass is 16.2. The molecule has 0 N–H and O–H groups in total. The van der Waals surface area contributed by atoms with Crippen molar-refractivity contribution in [3.8, 4) is 0 Å². The van der Waals surface area contributed by atoms with E-state index in [0.29, 0.717) is 17.7 Å². The van der Waals surface area contributed by atoms with Crippen molar-refractivity contribution in [3.05, 3.63) is 12.7 Å². The normalized spacial score (nSPS) is 36.0. The van der Waals surface area contributed by atoms with E-state index in [1.54, 1.807) is 0 Å². The van der Waals surface area contributed by atoms with Crippen LogP contribution in [0.3, 0.4) is 0 Å².